The average molecular weight is 491 g/mol. The third-order valence-corrected chi connectivity index (χ3v) is 9.47. The van der Waals surface area contributed by atoms with Crippen molar-refractivity contribution in [2.24, 2.45) is 11.8 Å². The van der Waals surface area contributed by atoms with Crippen molar-refractivity contribution in [2.75, 3.05) is 4.90 Å². The second-order valence-electron chi connectivity index (χ2n) is 6.37. The van der Waals surface area contributed by atoms with Gasteiger partial charge in [0.1, 0.15) is 9.75 Å². The van der Waals surface area contributed by atoms with Crippen molar-refractivity contribution in [3.63, 3.8) is 0 Å². The molecule has 0 unspecified atom stereocenters. The lowest BCUT2D eigenvalue weighted by Gasteiger charge is -2.34. The molecule has 1 aromatic rings. The Balaban J connectivity index is 1.89. The van der Waals surface area contributed by atoms with Gasteiger partial charge in [-0.25, -0.2) is 4.90 Å². The molecule has 2 amide bonds. The van der Waals surface area contributed by atoms with Crippen LogP contribution in [0.25, 0.3) is 0 Å². The van der Waals surface area contributed by atoms with Gasteiger partial charge in [-0.05, 0) is 6.07 Å². The first-order valence-electron chi connectivity index (χ1n) is 7.36. The van der Waals surface area contributed by atoms with Gasteiger partial charge in [0.25, 0.3) is 5.69 Å². The third kappa shape index (κ3) is 1.97. The van der Waals surface area contributed by atoms with Crippen molar-refractivity contribution in [1.29, 1.82) is 0 Å². The molecule has 6 nitrogen and oxygen atoms in total. The molecule has 1 aromatic carbocycles. The molecular weight excluding hydrogens is 485 g/mol. The summed E-state index contributed by atoms with van der Waals surface area (Å²) in [6, 6.07) is 5.03. The average Bonchev–Trinajstić information content (AvgIpc) is 2.99. The molecule has 1 saturated carbocycles. The number of alkyl halides is 4. The van der Waals surface area contributed by atoms with E-state index in [1.807, 2.05) is 0 Å². The van der Waals surface area contributed by atoms with Crippen molar-refractivity contribution < 1.29 is 14.5 Å². The summed E-state index contributed by atoms with van der Waals surface area (Å²) in [4.78, 5) is 33.5. The number of fused-ring (bicyclic) bond motifs is 5. The second kappa shape index (κ2) is 5.65. The lowest BCUT2D eigenvalue weighted by atomic mass is 9.84. The molecule has 0 radical (unpaired) electrons. The molecule has 1 aliphatic heterocycles. The maximum absolute atomic E-state index is 13.1. The Morgan fingerprint density at radius 2 is 1.44 bits per heavy atom. The van der Waals surface area contributed by atoms with E-state index in [0.29, 0.717) is 0 Å². The fraction of sp³-hybridized carbons (Fsp3) is 0.333. The van der Waals surface area contributed by atoms with Gasteiger partial charge in [0.05, 0.1) is 32.5 Å². The summed E-state index contributed by atoms with van der Waals surface area (Å²) < 4.78 is -2.02. The van der Waals surface area contributed by atoms with E-state index >= 15 is 0 Å². The van der Waals surface area contributed by atoms with Gasteiger partial charge in [-0.1, -0.05) is 52.5 Å². The van der Waals surface area contributed by atoms with Crippen LogP contribution in [-0.2, 0) is 9.59 Å². The number of carbonyl (C=O) groups excluding carboxylic acids is 2. The monoisotopic (exact) mass is 488 g/mol. The molecule has 0 aromatic heterocycles. The van der Waals surface area contributed by atoms with Gasteiger partial charge in [-0.15, -0.1) is 23.2 Å². The number of non-ortho nitro benzene ring substituents is 1. The summed E-state index contributed by atoms with van der Waals surface area (Å²) in [7, 11) is 0. The number of nitro benzene ring substituents is 1. The van der Waals surface area contributed by atoms with Crippen LogP contribution in [0.2, 0.25) is 0 Å². The van der Waals surface area contributed by atoms with E-state index in [9.17, 15) is 19.7 Å². The van der Waals surface area contributed by atoms with Crippen LogP contribution in [0, 0.1) is 22.0 Å². The minimum Gasteiger partial charge on any atom is -0.274 e. The molecule has 0 spiro atoms. The van der Waals surface area contributed by atoms with Gasteiger partial charge >= 0.3 is 0 Å². The fourth-order valence-electron chi connectivity index (χ4n) is 4.00. The Hall–Kier alpha value is -0.760. The van der Waals surface area contributed by atoms with Crippen LogP contribution in [0.5, 0.6) is 0 Å². The number of rotatable bonds is 2. The van der Waals surface area contributed by atoms with Gasteiger partial charge in [-0.2, -0.15) is 0 Å². The predicted molar refractivity (Wildman–Crippen MR) is 103 cm³/mol. The number of nitrogens with zero attached hydrogens (tertiary/aromatic N) is 2. The van der Waals surface area contributed by atoms with E-state index in [2.05, 4.69) is 0 Å². The second-order valence-corrected chi connectivity index (χ2v) is 9.65. The molecule has 4 rings (SSSR count). The molecule has 2 bridgehead atoms. The van der Waals surface area contributed by atoms with E-state index in [4.69, 9.17) is 69.6 Å². The Morgan fingerprint density at radius 1 is 0.963 bits per heavy atom. The predicted octanol–water partition coefficient (Wildman–Crippen LogP) is 4.55. The molecule has 1 saturated heterocycles. The van der Waals surface area contributed by atoms with Gasteiger partial charge in [0.15, 0.2) is 4.33 Å². The number of benzene rings is 1. The first kappa shape index (κ1) is 19.6. The summed E-state index contributed by atoms with van der Waals surface area (Å²) in [6.07, 6.45) is 0. The molecule has 2 aliphatic carbocycles. The van der Waals surface area contributed by atoms with E-state index in [0.717, 1.165) is 11.0 Å². The number of allylic oxidation sites excluding steroid dienone is 2. The fourth-order valence-corrected chi connectivity index (χ4v) is 6.92. The minimum atomic E-state index is -2.02. The molecule has 12 heteroatoms. The lowest BCUT2D eigenvalue weighted by Crippen LogP contribution is -2.50. The number of anilines is 1. The molecule has 4 atom stereocenters. The van der Waals surface area contributed by atoms with Crippen molar-refractivity contribution >= 4 is 92.8 Å². The maximum Gasteiger partial charge on any atom is 0.271 e. The number of halogens is 6. The normalized spacial score (nSPS) is 36.6. The summed E-state index contributed by atoms with van der Waals surface area (Å²) in [5.41, 5.74) is -0.303. The number of amides is 2. The Bertz CT molecular complexity index is 935. The maximum atomic E-state index is 13.1. The Labute approximate surface area is 182 Å². The molecule has 27 heavy (non-hydrogen) atoms. The first-order valence-corrected chi connectivity index (χ1v) is 9.63. The van der Waals surface area contributed by atoms with Crippen molar-refractivity contribution in [1.82, 2.24) is 0 Å². The molecular formula is C15H6Cl6N2O4. The topological polar surface area (TPSA) is 80.5 Å². The zero-order chi connectivity index (χ0) is 20.1. The van der Waals surface area contributed by atoms with E-state index < -0.39 is 42.7 Å². The minimum absolute atomic E-state index is 0.00415. The lowest BCUT2D eigenvalue weighted by molar-refractivity contribution is -0.384. The van der Waals surface area contributed by atoms with Crippen LogP contribution in [0.1, 0.15) is 0 Å². The SMILES string of the molecule is O=C1[C@@H]2[C@H](C(=O)N1c1cccc([N+](=O)[O-])c1)[C@]1(Cl)C(Cl)=C(Cl)[C@@]2(Cl)C1(Cl)Cl. The van der Waals surface area contributed by atoms with Gasteiger partial charge < -0.3 is 0 Å². The quantitative estimate of drug-likeness (QED) is 0.264. The highest BCUT2D eigenvalue weighted by molar-refractivity contribution is 6.67. The van der Waals surface area contributed by atoms with Crippen LogP contribution in [-0.4, -0.2) is 30.8 Å². The first-order chi connectivity index (χ1) is 12.4. The molecule has 0 N–H and O–H groups in total. The number of hydrogen-bond acceptors (Lipinski definition) is 4. The van der Waals surface area contributed by atoms with Gasteiger partial charge in [0, 0.05) is 12.1 Å². The third-order valence-electron chi connectivity index (χ3n) is 5.21. The number of hydrogen-bond donors (Lipinski definition) is 0. The zero-order valence-corrected chi connectivity index (χ0v) is 17.3. The van der Waals surface area contributed by atoms with Crippen LogP contribution >= 0.6 is 69.6 Å². The number of imide groups is 1. The van der Waals surface area contributed by atoms with E-state index in [1.54, 1.807) is 0 Å². The van der Waals surface area contributed by atoms with Crippen LogP contribution in [0.15, 0.2) is 34.3 Å². The summed E-state index contributed by atoms with van der Waals surface area (Å²) in [6.45, 7) is 0. The molecule has 1 heterocycles. The van der Waals surface area contributed by atoms with Crippen molar-refractivity contribution in [2.45, 2.75) is 14.1 Å². The van der Waals surface area contributed by atoms with E-state index in [-0.39, 0.29) is 21.4 Å². The van der Waals surface area contributed by atoms with E-state index in [1.165, 1.54) is 18.2 Å². The molecule has 3 aliphatic rings. The smallest absolute Gasteiger partial charge is 0.271 e. The summed E-state index contributed by atoms with van der Waals surface area (Å²) in [5, 5.41) is 10.6. The highest BCUT2D eigenvalue weighted by Gasteiger charge is 2.87. The van der Waals surface area contributed by atoms with Gasteiger partial charge in [0.2, 0.25) is 11.8 Å². The molecule has 2 fully saturated rings. The Kier molecular flexibility index (Phi) is 4.09. The largest absolute Gasteiger partial charge is 0.274 e. The van der Waals surface area contributed by atoms with Crippen molar-refractivity contribution in [3.05, 3.63) is 44.4 Å². The van der Waals surface area contributed by atoms with Crippen LogP contribution in [0.3, 0.4) is 0 Å². The number of nitro groups is 1. The zero-order valence-electron chi connectivity index (χ0n) is 12.8. The van der Waals surface area contributed by atoms with Gasteiger partial charge in [-0.3, -0.25) is 19.7 Å². The van der Waals surface area contributed by atoms with Crippen LogP contribution in [0.4, 0.5) is 11.4 Å². The van der Waals surface area contributed by atoms with Crippen molar-refractivity contribution in [3.8, 4) is 0 Å². The highest BCUT2D eigenvalue weighted by atomic mass is 35.5. The highest BCUT2D eigenvalue weighted by Crippen LogP contribution is 2.77. The summed E-state index contributed by atoms with van der Waals surface area (Å²) >= 11 is 38.3. The number of carbonyl (C=O) groups is 2. The van der Waals surface area contributed by atoms with Crippen LogP contribution < -0.4 is 4.90 Å². The standard InChI is InChI=1S/C15H6Cl6N2O4/c16-9-10(17)14(19)8-7(13(9,18)15(14,20)21)11(24)22(12(8)25)5-2-1-3-6(4-5)23(26)27/h1-4,7-8H/t7-,8+,13+,14-. The Morgan fingerprint density at radius 3 is 1.89 bits per heavy atom. The molecule has 142 valence electrons. The summed E-state index contributed by atoms with van der Waals surface area (Å²) in [5.74, 6) is -4.10.